The summed E-state index contributed by atoms with van der Waals surface area (Å²) in [6.45, 7) is 0.711. The Morgan fingerprint density at radius 1 is 1.75 bits per heavy atom. The third kappa shape index (κ3) is 1.82. The van der Waals surface area contributed by atoms with Crippen molar-refractivity contribution in [3.8, 4) is 0 Å². The summed E-state index contributed by atoms with van der Waals surface area (Å²) in [7, 11) is 0. The quantitative estimate of drug-likeness (QED) is 0.339. The molecule has 0 aromatic carbocycles. The van der Waals surface area contributed by atoms with E-state index in [1.165, 1.54) is 12.8 Å². The van der Waals surface area contributed by atoms with Crippen molar-refractivity contribution >= 4 is 6.02 Å². The predicted octanol–water partition coefficient (Wildman–Crippen LogP) is -1.51. The molecule has 0 atom stereocenters. The molecule has 0 aromatic heterocycles. The Balaban J connectivity index is 1.95. The lowest BCUT2D eigenvalue weighted by Gasteiger charge is -1.93. The highest BCUT2D eigenvalue weighted by Gasteiger charge is 2.22. The molecule has 3 nitrogen and oxygen atoms in total. The molecule has 0 aliphatic heterocycles. The molecule has 46 valence electrons. The number of hydrogen-bond donors (Lipinski definition) is 2. The van der Waals surface area contributed by atoms with Crippen molar-refractivity contribution in [1.29, 1.82) is 0 Å². The molecule has 0 heterocycles. The standard InChI is InChI=1S/C5H10N2O/c6-5(7)8-3-4-1-2-4/h4H,1-3H2,(H3,6,7)/p+1. The van der Waals surface area contributed by atoms with Gasteiger partial charge in [-0.2, -0.15) is 0 Å². The van der Waals surface area contributed by atoms with Crippen LogP contribution in [0.4, 0.5) is 0 Å². The maximum Gasteiger partial charge on any atom is 0.437 e. The van der Waals surface area contributed by atoms with E-state index < -0.39 is 0 Å². The van der Waals surface area contributed by atoms with Gasteiger partial charge in [0.2, 0.25) is 0 Å². The normalized spacial score (nSPS) is 18.0. The lowest BCUT2D eigenvalue weighted by Crippen LogP contribution is -2.47. The molecule has 0 unspecified atom stereocenters. The van der Waals surface area contributed by atoms with E-state index in [-0.39, 0.29) is 6.02 Å². The molecule has 8 heavy (non-hydrogen) atoms. The molecule has 3 heteroatoms. The summed E-state index contributed by atoms with van der Waals surface area (Å²) in [6.07, 6.45) is 2.54. The summed E-state index contributed by atoms with van der Waals surface area (Å²) in [4.78, 5) is 0. The van der Waals surface area contributed by atoms with Crippen molar-refractivity contribution in [1.82, 2.24) is 0 Å². The fourth-order valence-corrected chi connectivity index (χ4v) is 0.499. The van der Waals surface area contributed by atoms with Gasteiger partial charge >= 0.3 is 6.02 Å². The van der Waals surface area contributed by atoms with Crippen LogP contribution in [0.3, 0.4) is 0 Å². The van der Waals surface area contributed by atoms with Crippen LogP contribution in [0.25, 0.3) is 0 Å². The second-order valence-corrected chi connectivity index (χ2v) is 2.16. The molecular formula is C5H11N2O+. The molecule has 0 aromatic rings. The molecular weight excluding hydrogens is 104 g/mol. The van der Waals surface area contributed by atoms with Crippen LogP contribution in [0.1, 0.15) is 12.8 Å². The zero-order valence-electron chi connectivity index (χ0n) is 4.76. The maximum atomic E-state index is 5.04. The van der Waals surface area contributed by atoms with Crippen molar-refractivity contribution < 1.29 is 10.1 Å². The molecule has 1 aliphatic rings. The molecule has 0 spiro atoms. The first-order valence-corrected chi connectivity index (χ1v) is 2.79. The van der Waals surface area contributed by atoms with Gasteiger partial charge in [-0.1, -0.05) is 0 Å². The second kappa shape index (κ2) is 2.03. The van der Waals surface area contributed by atoms with Gasteiger partial charge in [-0.25, -0.2) is 0 Å². The van der Waals surface area contributed by atoms with Gasteiger partial charge < -0.3 is 4.74 Å². The third-order valence-electron chi connectivity index (χ3n) is 1.18. The Bertz CT molecular complexity index is 98.6. The first-order chi connectivity index (χ1) is 3.79. The number of amidine groups is 1. The Morgan fingerprint density at radius 3 is 2.75 bits per heavy atom. The van der Waals surface area contributed by atoms with Crippen LogP contribution in [0.15, 0.2) is 0 Å². The molecule has 1 aliphatic carbocycles. The van der Waals surface area contributed by atoms with Crippen molar-refractivity contribution in [3.63, 3.8) is 0 Å². The molecule has 0 radical (unpaired) electrons. The van der Waals surface area contributed by atoms with Crippen LogP contribution < -0.4 is 11.1 Å². The average molecular weight is 115 g/mol. The van der Waals surface area contributed by atoms with Gasteiger partial charge in [0.1, 0.15) is 0 Å². The molecule has 1 fully saturated rings. The Labute approximate surface area is 48.3 Å². The van der Waals surface area contributed by atoms with Gasteiger partial charge in [0.25, 0.3) is 0 Å². The lowest BCUT2D eigenvalue weighted by molar-refractivity contribution is -0.142. The average Bonchev–Trinajstić information content (AvgIpc) is 2.41. The molecule has 1 rings (SSSR count). The zero-order chi connectivity index (χ0) is 5.98. The highest BCUT2D eigenvalue weighted by molar-refractivity contribution is 5.63. The summed E-state index contributed by atoms with van der Waals surface area (Å²) < 4.78 is 4.84. The summed E-state index contributed by atoms with van der Waals surface area (Å²) in [5.41, 5.74) is 5.04. The predicted molar refractivity (Wildman–Crippen MR) is 29.8 cm³/mol. The summed E-state index contributed by atoms with van der Waals surface area (Å²) in [5, 5.41) is 5.04. The van der Waals surface area contributed by atoms with Crippen molar-refractivity contribution in [2.75, 3.05) is 6.61 Å². The van der Waals surface area contributed by atoms with Crippen LogP contribution in [0.5, 0.6) is 0 Å². The van der Waals surface area contributed by atoms with Crippen molar-refractivity contribution in [2.24, 2.45) is 11.7 Å². The number of hydrogen-bond acceptors (Lipinski definition) is 1. The van der Waals surface area contributed by atoms with Crippen LogP contribution in [0.2, 0.25) is 0 Å². The van der Waals surface area contributed by atoms with Gasteiger partial charge in [0.15, 0.2) is 0 Å². The fourth-order valence-electron chi connectivity index (χ4n) is 0.499. The molecule has 0 amide bonds. The van der Waals surface area contributed by atoms with Crippen molar-refractivity contribution in [2.45, 2.75) is 12.8 Å². The minimum atomic E-state index is 0.0944. The van der Waals surface area contributed by atoms with Gasteiger partial charge in [-0.15, -0.1) is 0 Å². The second-order valence-electron chi connectivity index (χ2n) is 2.16. The van der Waals surface area contributed by atoms with E-state index in [1.54, 1.807) is 0 Å². The van der Waals surface area contributed by atoms with Gasteiger partial charge in [0, 0.05) is 0 Å². The van der Waals surface area contributed by atoms with E-state index in [9.17, 15) is 0 Å². The SMILES string of the molecule is NC(=[NH2+])OCC1CC1. The zero-order valence-corrected chi connectivity index (χ0v) is 4.76. The van der Waals surface area contributed by atoms with E-state index in [0.717, 1.165) is 5.92 Å². The van der Waals surface area contributed by atoms with Crippen LogP contribution in [-0.4, -0.2) is 12.6 Å². The number of nitrogens with two attached hydrogens (primary N) is 2. The van der Waals surface area contributed by atoms with E-state index in [0.29, 0.717) is 6.61 Å². The van der Waals surface area contributed by atoms with Crippen molar-refractivity contribution in [3.05, 3.63) is 0 Å². The largest absolute Gasteiger partial charge is 0.437 e. The Hall–Kier alpha value is -0.730. The molecule has 4 N–H and O–H groups in total. The topological polar surface area (TPSA) is 60.8 Å². The Kier molecular flexibility index (Phi) is 1.37. The summed E-state index contributed by atoms with van der Waals surface area (Å²) in [5.74, 6) is 0.733. The first-order valence-electron chi connectivity index (χ1n) is 2.79. The highest BCUT2D eigenvalue weighted by Crippen LogP contribution is 2.28. The third-order valence-corrected chi connectivity index (χ3v) is 1.18. The maximum absolute atomic E-state index is 5.04. The van der Waals surface area contributed by atoms with Gasteiger partial charge in [-0.05, 0) is 18.8 Å². The van der Waals surface area contributed by atoms with E-state index in [4.69, 9.17) is 15.9 Å². The van der Waals surface area contributed by atoms with Gasteiger partial charge in [0.05, 0.1) is 6.61 Å². The summed E-state index contributed by atoms with van der Waals surface area (Å²) in [6, 6.07) is 0.0944. The number of rotatable bonds is 2. The smallest absolute Gasteiger partial charge is 0.432 e. The van der Waals surface area contributed by atoms with Gasteiger partial charge in [-0.3, -0.25) is 11.1 Å². The molecule has 1 saturated carbocycles. The highest BCUT2D eigenvalue weighted by atomic mass is 16.5. The minimum absolute atomic E-state index is 0.0944. The first kappa shape index (κ1) is 5.41. The molecule has 0 saturated heterocycles. The van der Waals surface area contributed by atoms with E-state index in [2.05, 4.69) is 0 Å². The number of ether oxygens (including phenoxy) is 1. The molecule has 0 bridgehead atoms. The lowest BCUT2D eigenvalue weighted by atomic mass is 10.5. The fraction of sp³-hybridized carbons (Fsp3) is 0.800. The minimum Gasteiger partial charge on any atom is -0.432 e. The van der Waals surface area contributed by atoms with Crippen LogP contribution in [-0.2, 0) is 4.74 Å². The Morgan fingerprint density at radius 2 is 2.38 bits per heavy atom. The monoisotopic (exact) mass is 115 g/mol. The van der Waals surface area contributed by atoms with E-state index >= 15 is 0 Å². The van der Waals surface area contributed by atoms with Crippen LogP contribution >= 0.6 is 0 Å². The van der Waals surface area contributed by atoms with E-state index in [1.807, 2.05) is 0 Å². The van der Waals surface area contributed by atoms with Crippen LogP contribution in [0, 0.1) is 5.92 Å². The summed E-state index contributed by atoms with van der Waals surface area (Å²) >= 11 is 0.